The lowest BCUT2D eigenvalue weighted by Gasteiger charge is -2.02. The monoisotopic (exact) mass is 373 g/mol. The van der Waals surface area contributed by atoms with E-state index in [1.54, 1.807) is 0 Å². The van der Waals surface area contributed by atoms with Crippen molar-refractivity contribution in [3.63, 3.8) is 0 Å². The zero-order valence-corrected chi connectivity index (χ0v) is 13.0. The highest BCUT2D eigenvalue weighted by molar-refractivity contribution is 9.11. The van der Waals surface area contributed by atoms with Gasteiger partial charge in [-0.15, -0.1) is 0 Å². The molecule has 0 saturated heterocycles. The van der Waals surface area contributed by atoms with Gasteiger partial charge in [0, 0.05) is 21.4 Å². The summed E-state index contributed by atoms with van der Waals surface area (Å²) in [6.45, 7) is 2.04. The van der Waals surface area contributed by atoms with E-state index in [0.29, 0.717) is 18.1 Å². The summed E-state index contributed by atoms with van der Waals surface area (Å²) >= 11 is 6.89. The number of benzene rings is 1. The van der Waals surface area contributed by atoms with Gasteiger partial charge in [-0.1, -0.05) is 28.0 Å². The molecule has 18 heavy (non-hydrogen) atoms. The molecule has 6 heteroatoms. The number of halogens is 2. The lowest BCUT2D eigenvalue weighted by molar-refractivity contribution is 0.419. The van der Waals surface area contributed by atoms with Crippen molar-refractivity contribution >= 4 is 31.9 Å². The summed E-state index contributed by atoms with van der Waals surface area (Å²) in [4.78, 5) is 4.36. The number of hydrogen-bond donors (Lipinski definition) is 1. The van der Waals surface area contributed by atoms with Crippen molar-refractivity contribution < 1.29 is 4.52 Å². The van der Waals surface area contributed by atoms with E-state index in [4.69, 9.17) is 10.3 Å². The summed E-state index contributed by atoms with van der Waals surface area (Å²) in [6.07, 6.45) is 1.52. The molecule has 1 heterocycles. The van der Waals surface area contributed by atoms with Gasteiger partial charge in [0.1, 0.15) is 0 Å². The van der Waals surface area contributed by atoms with Crippen LogP contribution in [-0.2, 0) is 6.42 Å². The molecule has 1 atom stereocenters. The third-order valence-electron chi connectivity index (χ3n) is 2.60. The molecule has 0 radical (unpaired) electrons. The Morgan fingerprint density at radius 3 is 2.89 bits per heavy atom. The molecule has 0 aliphatic heterocycles. The SMILES string of the molecule is CCC(N)Cc1noc(-c2cc(Br)ccc2Br)n1. The maximum absolute atomic E-state index is 5.87. The van der Waals surface area contributed by atoms with Crippen LogP contribution in [0.25, 0.3) is 11.5 Å². The summed E-state index contributed by atoms with van der Waals surface area (Å²) in [5, 5.41) is 3.95. The third kappa shape index (κ3) is 3.18. The molecule has 0 amide bonds. The van der Waals surface area contributed by atoms with Crippen molar-refractivity contribution in [2.45, 2.75) is 25.8 Å². The van der Waals surface area contributed by atoms with Crippen LogP contribution in [0, 0.1) is 0 Å². The molecular formula is C12H13Br2N3O. The van der Waals surface area contributed by atoms with Gasteiger partial charge in [0.15, 0.2) is 5.82 Å². The van der Waals surface area contributed by atoms with Crippen molar-refractivity contribution in [2.75, 3.05) is 0 Å². The van der Waals surface area contributed by atoms with Crippen LogP contribution in [0.4, 0.5) is 0 Å². The Balaban J connectivity index is 2.26. The highest BCUT2D eigenvalue weighted by Crippen LogP contribution is 2.29. The van der Waals surface area contributed by atoms with E-state index in [0.717, 1.165) is 20.9 Å². The predicted octanol–water partition coefficient (Wildman–Crippen LogP) is 3.54. The minimum atomic E-state index is 0.0707. The van der Waals surface area contributed by atoms with E-state index in [2.05, 4.69) is 42.0 Å². The zero-order chi connectivity index (χ0) is 13.1. The minimum Gasteiger partial charge on any atom is -0.334 e. The molecule has 0 aliphatic rings. The average Bonchev–Trinajstić information content (AvgIpc) is 2.80. The fourth-order valence-corrected chi connectivity index (χ4v) is 2.26. The van der Waals surface area contributed by atoms with Crippen LogP contribution < -0.4 is 5.73 Å². The summed E-state index contributed by atoms with van der Waals surface area (Å²) in [5.41, 5.74) is 6.74. The van der Waals surface area contributed by atoms with Gasteiger partial charge in [-0.05, 0) is 40.5 Å². The first-order chi connectivity index (χ1) is 8.60. The predicted molar refractivity (Wildman–Crippen MR) is 77.1 cm³/mol. The number of aromatic nitrogens is 2. The Morgan fingerprint density at radius 1 is 1.39 bits per heavy atom. The molecule has 0 saturated carbocycles. The summed E-state index contributed by atoms with van der Waals surface area (Å²) in [5.74, 6) is 1.15. The highest BCUT2D eigenvalue weighted by Gasteiger charge is 2.13. The summed E-state index contributed by atoms with van der Waals surface area (Å²) in [7, 11) is 0. The van der Waals surface area contributed by atoms with Crippen molar-refractivity contribution in [1.29, 1.82) is 0 Å². The average molecular weight is 375 g/mol. The summed E-state index contributed by atoms with van der Waals surface area (Å²) < 4.78 is 7.15. The molecule has 0 spiro atoms. The second kappa shape index (κ2) is 5.95. The Morgan fingerprint density at radius 2 is 2.17 bits per heavy atom. The maximum atomic E-state index is 5.87. The molecule has 2 aromatic rings. The topological polar surface area (TPSA) is 64.9 Å². The van der Waals surface area contributed by atoms with Crippen molar-refractivity contribution in [3.8, 4) is 11.5 Å². The molecule has 0 aliphatic carbocycles. The fourth-order valence-electron chi connectivity index (χ4n) is 1.49. The Bertz CT molecular complexity index is 542. The first-order valence-corrected chi connectivity index (χ1v) is 7.22. The Kier molecular flexibility index (Phi) is 4.53. The number of rotatable bonds is 4. The molecule has 1 unspecified atom stereocenters. The highest BCUT2D eigenvalue weighted by atomic mass is 79.9. The van der Waals surface area contributed by atoms with E-state index >= 15 is 0 Å². The van der Waals surface area contributed by atoms with Gasteiger partial charge in [0.2, 0.25) is 0 Å². The maximum Gasteiger partial charge on any atom is 0.259 e. The van der Waals surface area contributed by atoms with Crippen LogP contribution in [0.15, 0.2) is 31.7 Å². The number of nitrogens with two attached hydrogens (primary N) is 1. The quantitative estimate of drug-likeness (QED) is 0.888. The normalized spacial score (nSPS) is 12.7. The van der Waals surface area contributed by atoms with Crippen molar-refractivity contribution in [3.05, 3.63) is 33.0 Å². The van der Waals surface area contributed by atoms with Crippen LogP contribution >= 0.6 is 31.9 Å². The lowest BCUT2D eigenvalue weighted by Crippen LogP contribution is -2.21. The van der Waals surface area contributed by atoms with E-state index in [9.17, 15) is 0 Å². The third-order valence-corrected chi connectivity index (χ3v) is 3.78. The van der Waals surface area contributed by atoms with Crippen LogP contribution in [0.3, 0.4) is 0 Å². The molecule has 2 rings (SSSR count). The van der Waals surface area contributed by atoms with Gasteiger partial charge in [0.05, 0.1) is 5.56 Å². The molecule has 0 fully saturated rings. The fraction of sp³-hybridized carbons (Fsp3) is 0.333. The molecule has 1 aromatic carbocycles. The molecule has 96 valence electrons. The van der Waals surface area contributed by atoms with E-state index in [1.807, 2.05) is 25.1 Å². The second-order valence-corrected chi connectivity index (χ2v) is 5.78. The standard InChI is InChI=1S/C12H13Br2N3O/c1-2-8(15)6-11-16-12(18-17-11)9-5-7(13)3-4-10(9)14/h3-5,8H,2,6,15H2,1H3. The molecule has 1 aromatic heterocycles. The lowest BCUT2D eigenvalue weighted by atomic mass is 10.1. The van der Waals surface area contributed by atoms with Crippen LogP contribution in [0.1, 0.15) is 19.2 Å². The van der Waals surface area contributed by atoms with Gasteiger partial charge < -0.3 is 10.3 Å². The van der Waals surface area contributed by atoms with Crippen LogP contribution in [0.5, 0.6) is 0 Å². The largest absolute Gasteiger partial charge is 0.334 e. The first-order valence-electron chi connectivity index (χ1n) is 5.63. The molecule has 4 nitrogen and oxygen atoms in total. The minimum absolute atomic E-state index is 0.0707. The van der Waals surface area contributed by atoms with Gasteiger partial charge in [-0.2, -0.15) is 4.98 Å². The van der Waals surface area contributed by atoms with Crippen LogP contribution in [-0.4, -0.2) is 16.2 Å². The van der Waals surface area contributed by atoms with Gasteiger partial charge in [0.25, 0.3) is 5.89 Å². The number of nitrogens with zero attached hydrogens (tertiary/aromatic N) is 2. The van der Waals surface area contributed by atoms with E-state index in [-0.39, 0.29) is 6.04 Å². The van der Waals surface area contributed by atoms with Gasteiger partial charge in [-0.25, -0.2) is 0 Å². The van der Waals surface area contributed by atoms with Crippen molar-refractivity contribution in [2.24, 2.45) is 5.73 Å². The Labute approximate surface area is 122 Å². The Hall–Kier alpha value is -0.720. The smallest absolute Gasteiger partial charge is 0.259 e. The molecular weight excluding hydrogens is 362 g/mol. The first kappa shape index (κ1) is 13.7. The van der Waals surface area contributed by atoms with Crippen molar-refractivity contribution in [1.82, 2.24) is 10.1 Å². The van der Waals surface area contributed by atoms with Crippen LogP contribution in [0.2, 0.25) is 0 Å². The molecule has 2 N–H and O–H groups in total. The number of hydrogen-bond acceptors (Lipinski definition) is 4. The molecule has 0 bridgehead atoms. The van der Waals surface area contributed by atoms with Gasteiger partial charge in [-0.3, -0.25) is 0 Å². The zero-order valence-electron chi connectivity index (χ0n) is 9.86. The van der Waals surface area contributed by atoms with Gasteiger partial charge >= 0.3 is 0 Å². The van der Waals surface area contributed by atoms with E-state index < -0.39 is 0 Å². The van der Waals surface area contributed by atoms with E-state index in [1.165, 1.54) is 0 Å². The second-order valence-electron chi connectivity index (χ2n) is 4.01. The summed E-state index contributed by atoms with van der Waals surface area (Å²) in [6, 6.07) is 5.88.